The predicted octanol–water partition coefficient (Wildman–Crippen LogP) is 4.33. The normalized spacial score (nSPS) is 10.4. The molecule has 1 aromatic carbocycles. The van der Waals surface area contributed by atoms with Gasteiger partial charge in [-0.05, 0) is 25.1 Å². The number of nitrogens with one attached hydrogen (secondary N) is 2. The SMILES string of the molecule is CCNc1nc(Nc2cc(F)ccc2Cl)c(F)cc1F. The molecule has 1 heterocycles. The largest absolute Gasteiger partial charge is 0.368 e. The monoisotopic (exact) mass is 301 g/mol. The van der Waals surface area contributed by atoms with Crippen molar-refractivity contribution in [2.45, 2.75) is 6.92 Å². The lowest BCUT2D eigenvalue weighted by Gasteiger charge is -2.11. The molecule has 0 aliphatic rings. The maximum atomic E-state index is 13.7. The Morgan fingerprint density at radius 1 is 1.10 bits per heavy atom. The Morgan fingerprint density at radius 3 is 2.50 bits per heavy atom. The van der Waals surface area contributed by atoms with Gasteiger partial charge in [0.05, 0.1) is 10.7 Å². The highest BCUT2D eigenvalue weighted by Crippen LogP contribution is 2.28. The van der Waals surface area contributed by atoms with Crippen LogP contribution in [0.25, 0.3) is 0 Å². The van der Waals surface area contributed by atoms with E-state index in [1.54, 1.807) is 6.92 Å². The van der Waals surface area contributed by atoms with Gasteiger partial charge >= 0.3 is 0 Å². The highest BCUT2D eigenvalue weighted by Gasteiger charge is 2.13. The van der Waals surface area contributed by atoms with Crippen molar-refractivity contribution in [1.29, 1.82) is 0 Å². The molecule has 0 amide bonds. The number of benzene rings is 1. The maximum Gasteiger partial charge on any atom is 0.169 e. The van der Waals surface area contributed by atoms with Gasteiger partial charge < -0.3 is 10.6 Å². The van der Waals surface area contributed by atoms with Gasteiger partial charge in [-0.25, -0.2) is 18.2 Å². The Bertz CT molecular complexity index is 634. The first kappa shape index (κ1) is 14.5. The topological polar surface area (TPSA) is 37.0 Å². The van der Waals surface area contributed by atoms with Crippen LogP contribution in [0, 0.1) is 17.5 Å². The minimum absolute atomic E-state index is 0.0936. The van der Waals surface area contributed by atoms with Gasteiger partial charge in [0, 0.05) is 12.6 Å². The predicted molar refractivity (Wildman–Crippen MR) is 73.0 cm³/mol. The lowest BCUT2D eigenvalue weighted by molar-refractivity contribution is 0.579. The fraction of sp³-hybridized carbons (Fsp3) is 0.154. The third kappa shape index (κ3) is 3.14. The van der Waals surface area contributed by atoms with Crippen LogP contribution in [0.5, 0.6) is 0 Å². The van der Waals surface area contributed by atoms with E-state index in [0.29, 0.717) is 12.6 Å². The number of hydrogen-bond donors (Lipinski definition) is 2. The summed E-state index contributed by atoms with van der Waals surface area (Å²) in [6.45, 7) is 2.18. The van der Waals surface area contributed by atoms with Crippen LogP contribution in [0.2, 0.25) is 5.02 Å². The summed E-state index contributed by atoms with van der Waals surface area (Å²) in [4.78, 5) is 3.77. The second-order valence-electron chi connectivity index (χ2n) is 3.93. The molecule has 106 valence electrons. The quantitative estimate of drug-likeness (QED) is 0.882. The van der Waals surface area contributed by atoms with Gasteiger partial charge in [0.15, 0.2) is 23.3 Å². The van der Waals surface area contributed by atoms with Crippen LogP contribution in [0.1, 0.15) is 6.92 Å². The second-order valence-corrected chi connectivity index (χ2v) is 4.34. The molecule has 2 rings (SSSR count). The molecule has 0 bridgehead atoms. The smallest absolute Gasteiger partial charge is 0.169 e. The van der Waals surface area contributed by atoms with Crippen molar-refractivity contribution in [2.75, 3.05) is 17.2 Å². The Morgan fingerprint density at radius 2 is 1.80 bits per heavy atom. The number of aromatic nitrogens is 1. The summed E-state index contributed by atoms with van der Waals surface area (Å²) in [6, 6.07) is 4.29. The molecule has 20 heavy (non-hydrogen) atoms. The fourth-order valence-electron chi connectivity index (χ4n) is 1.57. The third-order valence-corrected chi connectivity index (χ3v) is 2.78. The minimum Gasteiger partial charge on any atom is -0.368 e. The fourth-order valence-corrected chi connectivity index (χ4v) is 1.73. The lowest BCUT2D eigenvalue weighted by atomic mass is 10.3. The summed E-state index contributed by atoms with van der Waals surface area (Å²) < 4.78 is 40.2. The lowest BCUT2D eigenvalue weighted by Crippen LogP contribution is -2.06. The van der Waals surface area contributed by atoms with Gasteiger partial charge in [-0.3, -0.25) is 0 Å². The molecule has 0 atom stereocenters. The molecule has 0 aliphatic carbocycles. The van der Waals surface area contributed by atoms with E-state index in [2.05, 4.69) is 15.6 Å². The zero-order chi connectivity index (χ0) is 14.7. The van der Waals surface area contributed by atoms with Crippen LogP contribution >= 0.6 is 11.6 Å². The highest BCUT2D eigenvalue weighted by atomic mass is 35.5. The van der Waals surface area contributed by atoms with E-state index in [1.165, 1.54) is 12.1 Å². The van der Waals surface area contributed by atoms with E-state index in [-0.39, 0.29) is 22.3 Å². The average Bonchev–Trinajstić information content (AvgIpc) is 2.39. The molecular formula is C13H11ClF3N3. The molecule has 2 aromatic rings. The van der Waals surface area contributed by atoms with Gasteiger partial charge in [-0.1, -0.05) is 11.6 Å². The molecule has 0 unspecified atom stereocenters. The minimum atomic E-state index is -0.899. The molecule has 2 N–H and O–H groups in total. The molecular weight excluding hydrogens is 291 g/mol. The summed E-state index contributed by atoms with van der Waals surface area (Å²) in [5.41, 5.74) is 0.145. The summed E-state index contributed by atoms with van der Waals surface area (Å²) >= 11 is 5.86. The zero-order valence-electron chi connectivity index (χ0n) is 10.5. The molecule has 1 aromatic heterocycles. The van der Waals surface area contributed by atoms with E-state index in [4.69, 9.17) is 11.6 Å². The summed E-state index contributed by atoms with van der Waals surface area (Å²) in [7, 11) is 0. The van der Waals surface area contributed by atoms with Crippen LogP contribution in [0.15, 0.2) is 24.3 Å². The van der Waals surface area contributed by atoms with Crippen molar-refractivity contribution in [3.8, 4) is 0 Å². The summed E-state index contributed by atoms with van der Waals surface area (Å²) in [6.07, 6.45) is 0. The Kier molecular flexibility index (Phi) is 4.34. The molecule has 0 radical (unpaired) electrons. The first-order valence-corrected chi connectivity index (χ1v) is 6.21. The van der Waals surface area contributed by atoms with E-state index in [0.717, 1.165) is 6.07 Å². The first-order chi connectivity index (χ1) is 9.51. The molecule has 0 fully saturated rings. The van der Waals surface area contributed by atoms with Crippen LogP contribution in [-0.2, 0) is 0 Å². The number of pyridine rings is 1. The third-order valence-electron chi connectivity index (χ3n) is 2.46. The number of nitrogens with zero attached hydrogens (tertiary/aromatic N) is 1. The van der Waals surface area contributed by atoms with E-state index in [9.17, 15) is 13.2 Å². The van der Waals surface area contributed by atoms with Crippen LogP contribution < -0.4 is 10.6 Å². The van der Waals surface area contributed by atoms with Crippen LogP contribution in [0.4, 0.5) is 30.5 Å². The molecule has 3 nitrogen and oxygen atoms in total. The van der Waals surface area contributed by atoms with Crippen LogP contribution in [-0.4, -0.2) is 11.5 Å². The van der Waals surface area contributed by atoms with Gasteiger partial charge in [-0.15, -0.1) is 0 Å². The second kappa shape index (κ2) is 6.00. The van der Waals surface area contributed by atoms with Gasteiger partial charge in [-0.2, -0.15) is 0 Å². The number of rotatable bonds is 4. The van der Waals surface area contributed by atoms with Crippen molar-refractivity contribution in [2.24, 2.45) is 0 Å². The number of hydrogen-bond acceptors (Lipinski definition) is 3. The van der Waals surface area contributed by atoms with Gasteiger partial charge in [0.1, 0.15) is 5.82 Å². The van der Waals surface area contributed by atoms with E-state index >= 15 is 0 Å². The van der Waals surface area contributed by atoms with Crippen molar-refractivity contribution in [3.05, 3.63) is 46.7 Å². The number of halogens is 4. The zero-order valence-corrected chi connectivity index (χ0v) is 11.2. The Balaban J connectivity index is 2.37. The van der Waals surface area contributed by atoms with Crippen molar-refractivity contribution in [3.63, 3.8) is 0 Å². The molecule has 7 heteroatoms. The molecule has 0 saturated carbocycles. The van der Waals surface area contributed by atoms with Gasteiger partial charge in [0.25, 0.3) is 0 Å². The first-order valence-electron chi connectivity index (χ1n) is 5.83. The average molecular weight is 302 g/mol. The Labute approximate surface area is 118 Å². The highest BCUT2D eigenvalue weighted by molar-refractivity contribution is 6.33. The maximum absolute atomic E-state index is 13.7. The van der Waals surface area contributed by atoms with E-state index < -0.39 is 17.5 Å². The van der Waals surface area contributed by atoms with Crippen molar-refractivity contribution in [1.82, 2.24) is 4.98 Å². The summed E-state index contributed by atoms with van der Waals surface area (Å²) in [5, 5.41) is 5.39. The van der Waals surface area contributed by atoms with Crippen molar-refractivity contribution >= 4 is 28.9 Å². The molecule has 0 saturated heterocycles. The van der Waals surface area contributed by atoms with Crippen LogP contribution in [0.3, 0.4) is 0 Å². The van der Waals surface area contributed by atoms with E-state index in [1.807, 2.05) is 0 Å². The molecule has 0 aliphatic heterocycles. The summed E-state index contributed by atoms with van der Waals surface area (Å²) in [5.74, 6) is -2.57. The molecule has 0 spiro atoms. The van der Waals surface area contributed by atoms with Crippen molar-refractivity contribution < 1.29 is 13.2 Å². The Hall–Kier alpha value is -1.95. The standard InChI is InChI=1S/C13H11ClF3N3/c1-2-18-12-9(16)6-10(17)13(20-12)19-11-5-7(15)3-4-8(11)14/h3-6H,2H2,1H3,(H2,18,19,20). The number of anilines is 3. The van der Waals surface area contributed by atoms with Gasteiger partial charge in [0.2, 0.25) is 0 Å².